The van der Waals surface area contributed by atoms with Crippen molar-refractivity contribution in [2.45, 2.75) is 23.5 Å². The third-order valence-electron chi connectivity index (χ3n) is 4.28. The van der Waals surface area contributed by atoms with Crippen LogP contribution in [0.15, 0.2) is 47.4 Å². The van der Waals surface area contributed by atoms with Crippen LogP contribution in [0, 0.1) is 0 Å². The molecule has 2 aromatic rings. The molecule has 0 aliphatic carbocycles. The first kappa shape index (κ1) is 23.6. The van der Waals surface area contributed by atoms with Gasteiger partial charge >= 0.3 is 0 Å². The Balaban J connectivity index is 2.02. The molecule has 0 bridgehead atoms. The second kappa shape index (κ2) is 12.1. The lowest BCUT2D eigenvalue weighted by atomic mass is 10.1. The number of methoxy groups -OCH3 is 3. The number of para-hydroxylation sites is 1. The molecule has 0 fully saturated rings. The van der Waals surface area contributed by atoms with E-state index in [-0.39, 0.29) is 17.1 Å². The number of ether oxygens (including phenoxy) is 3. The van der Waals surface area contributed by atoms with E-state index in [2.05, 4.69) is 10.6 Å². The molecule has 0 spiro atoms. The lowest BCUT2D eigenvalue weighted by Gasteiger charge is -2.15. The van der Waals surface area contributed by atoms with Crippen LogP contribution < -0.4 is 20.1 Å². The van der Waals surface area contributed by atoms with E-state index < -0.39 is 0 Å². The molecule has 2 rings (SSSR count). The maximum Gasteiger partial charge on any atom is 0.253 e. The van der Waals surface area contributed by atoms with Gasteiger partial charge in [-0.1, -0.05) is 12.1 Å². The van der Waals surface area contributed by atoms with Gasteiger partial charge in [-0.25, -0.2) is 0 Å². The first-order valence-electron chi connectivity index (χ1n) is 9.55. The lowest BCUT2D eigenvalue weighted by Crippen LogP contribution is -2.28. The van der Waals surface area contributed by atoms with Gasteiger partial charge in [0, 0.05) is 25.2 Å². The maximum absolute atomic E-state index is 12.7. The van der Waals surface area contributed by atoms with Gasteiger partial charge in [-0.05, 0) is 43.7 Å². The van der Waals surface area contributed by atoms with Crippen molar-refractivity contribution in [1.29, 1.82) is 0 Å². The van der Waals surface area contributed by atoms with Crippen LogP contribution in [0.5, 0.6) is 11.5 Å². The van der Waals surface area contributed by atoms with Gasteiger partial charge in [0.25, 0.3) is 5.91 Å². The number of thioether (sulfide) groups is 1. The Morgan fingerprint density at radius 1 is 1.03 bits per heavy atom. The van der Waals surface area contributed by atoms with Crippen LogP contribution in [-0.4, -0.2) is 51.5 Å². The van der Waals surface area contributed by atoms with Gasteiger partial charge in [-0.15, -0.1) is 11.8 Å². The average Bonchev–Trinajstić information content (AvgIpc) is 2.76. The SMILES string of the molecule is COCCCNC(=O)c1ccccc1NC(=O)[C@@H](C)Sc1ccc(OC)c(OC)c1. The molecule has 8 heteroatoms. The molecule has 2 amide bonds. The number of nitrogens with one attached hydrogen (secondary N) is 2. The molecule has 30 heavy (non-hydrogen) atoms. The van der Waals surface area contributed by atoms with Gasteiger partial charge in [0.2, 0.25) is 5.91 Å². The Kier molecular flexibility index (Phi) is 9.50. The Bertz CT molecular complexity index is 859. The van der Waals surface area contributed by atoms with E-state index in [0.717, 1.165) is 11.3 Å². The maximum atomic E-state index is 12.7. The molecule has 0 aliphatic heterocycles. The Hall–Kier alpha value is -2.71. The fraction of sp³-hybridized carbons (Fsp3) is 0.364. The molecule has 0 aromatic heterocycles. The summed E-state index contributed by atoms with van der Waals surface area (Å²) >= 11 is 1.39. The van der Waals surface area contributed by atoms with Crippen molar-refractivity contribution in [3.63, 3.8) is 0 Å². The van der Waals surface area contributed by atoms with E-state index in [1.165, 1.54) is 11.8 Å². The molecule has 162 valence electrons. The minimum absolute atomic E-state index is 0.200. The number of hydrogen-bond acceptors (Lipinski definition) is 6. The van der Waals surface area contributed by atoms with Crippen LogP contribution >= 0.6 is 11.8 Å². The van der Waals surface area contributed by atoms with Crippen molar-refractivity contribution in [3.05, 3.63) is 48.0 Å². The molecule has 7 nitrogen and oxygen atoms in total. The van der Waals surface area contributed by atoms with Crippen LogP contribution in [0.4, 0.5) is 5.69 Å². The summed E-state index contributed by atoms with van der Waals surface area (Å²) in [4.78, 5) is 26.1. The molecule has 1 atom stereocenters. The van der Waals surface area contributed by atoms with Gasteiger partial charge < -0.3 is 24.8 Å². The number of hydrogen-bond donors (Lipinski definition) is 2. The third-order valence-corrected chi connectivity index (χ3v) is 5.37. The molecule has 0 aliphatic rings. The van der Waals surface area contributed by atoms with Gasteiger partial charge in [0.05, 0.1) is 30.7 Å². The van der Waals surface area contributed by atoms with Crippen molar-refractivity contribution in [1.82, 2.24) is 5.32 Å². The second-order valence-electron chi connectivity index (χ2n) is 6.41. The van der Waals surface area contributed by atoms with E-state index in [1.807, 2.05) is 19.1 Å². The molecule has 2 aromatic carbocycles. The molecule has 0 radical (unpaired) electrons. The van der Waals surface area contributed by atoms with Crippen LogP contribution in [0.2, 0.25) is 0 Å². The third kappa shape index (κ3) is 6.67. The predicted octanol–water partition coefficient (Wildman–Crippen LogP) is 3.59. The standard InChI is InChI=1S/C22H28N2O5S/c1-15(30-16-10-11-19(28-3)20(14-16)29-4)21(25)24-18-9-6-5-8-17(18)22(26)23-12-7-13-27-2/h5-6,8-11,14-15H,7,12-13H2,1-4H3,(H,23,26)(H,24,25)/t15-/m1/s1. The monoisotopic (exact) mass is 432 g/mol. The molecular formula is C22H28N2O5S. The highest BCUT2D eigenvalue weighted by Crippen LogP contribution is 2.33. The fourth-order valence-corrected chi connectivity index (χ4v) is 3.58. The first-order valence-corrected chi connectivity index (χ1v) is 10.4. The van der Waals surface area contributed by atoms with Crippen molar-refractivity contribution in [2.75, 3.05) is 39.8 Å². The normalized spacial score (nSPS) is 11.5. The fourth-order valence-electron chi connectivity index (χ4n) is 2.69. The molecule has 0 saturated carbocycles. The van der Waals surface area contributed by atoms with Gasteiger partial charge in [-0.3, -0.25) is 9.59 Å². The minimum Gasteiger partial charge on any atom is -0.493 e. The summed E-state index contributed by atoms with van der Waals surface area (Å²) in [5.41, 5.74) is 0.901. The zero-order chi connectivity index (χ0) is 21.9. The molecule has 0 saturated heterocycles. The zero-order valence-corrected chi connectivity index (χ0v) is 18.5. The van der Waals surface area contributed by atoms with E-state index in [9.17, 15) is 9.59 Å². The van der Waals surface area contributed by atoms with E-state index in [0.29, 0.717) is 35.9 Å². The van der Waals surface area contributed by atoms with Crippen LogP contribution in [0.3, 0.4) is 0 Å². The van der Waals surface area contributed by atoms with Crippen LogP contribution in [0.25, 0.3) is 0 Å². The van der Waals surface area contributed by atoms with Crippen molar-refractivity contribution < 1.29 is 23.8 Å². The number of benzene rings is 2. The molecule has 2 N–H and O–H groups in total. The summed E-state index contributed by atoms with van der Waals surface area (Å²) < 4.78 is 15.5. The number of rotatable bonds is 11. The molecular weight excluding hydrogens is 404 g/mol. The van der Waals surface area contributed by atoms with Crippen molar-refractivity contribution >= 4 is 29.3 Å². The van der Waals surface area contributed by atoms with E-state index in [4.69, 9.17) is 14.2 Å². The summed E-state index contributed by atoms with van der Waals surface area (Å²) in [6, 6.07) is 12.5. The van der Waals surface area contributed by atoms with E-state index >= 15 is 0 Å². The Labute approximate surface area is 181 Å². The summed E-state index contributed by atoms with van der Waals surface area (Å²) in [5.74, 6) is 0.798. The number of amides is 2. The first-order chi connectivity index (χ1) is 14.5. The zero-order valence-electron chi connectivity index (χ0n) is 17.7. The highest BCUT2D eigenvalue weighted by molar-refractivity contribution is 8.00. The van der Waals surface area contributed by atoms with Crippen LogP contribution in [-0.2, 0) is 9.53 Å². The predicted molar refractivity (Wildman–Crippen MR) is 119 cm³/mol. The summed E-state index contributed by atoms with van der Waals surface area (Å²) in [5, 5.41) is 5.31. The Morgan fingerprint density at radius 3 is 2.47 bits per heavy atom. The number of carbonyl (C=O) groups excluding carboxylic acids is 2. The number of anilines is 1. The summed E-state index contributed by atoms with van der Waals surface area (Å²) in [7, 11) is 4.76. The van der Waals surface area contributed by atoms with Crippen molar-refractivity contribution in [2.24, 2.45) is 0 Å². The van der Waals surface area contributed by atoms with Crippen LogP contribution in [0.1, 0.15) is 23.7 Å². The number of carbonyl (C=O) groups is 2. The summed E-state index contributed by atoms with van der Waals surface area (Å²) in [6.07, 6.45) is 0.718. The highest BCUT2D eigenvalue weighted by atomic mass is 32.2. The Morgan fingerprint density at radius 2 is 1.77 bits per heavy atom. The largest absolute Gasteiger partial charge is 0.493 e. The van der Waals surface area contributed by atoms with Gasteiger partial charge in [0.15, 0.2) is 11.5 Å². The highest BCUT2D eigenvalue weighted by Gasteiger charge is 2.19. The van der Waals surface area contributed by atoms with Crippen molar-refractivity contribution in [3.8, 4) is 11.5 Å². The van der Waals surface area contributed by atoms with Gasteiger partial charge in [0.1, 0.15) is 0 Å². The topological polar surface area (TPSA) is 85.9 Å². The summed E-state index contributed by atoms with van der Waals surface area (Å²) in [6.45, 7) is 2.88. The minimum atomic E-state index is -0.388. The smallest absolute Gasteiger partial charge is 0.253 e. The quantitative estimate of drug-likeness (QED) is 0.417. The molecule has 0 unspecified atom stereocenters. The average molecular weight is 433 g/mol. The lowest BCUT2D eigenvalue weighted by molar-refractivity contribution is -0.115. The van der Waals surface area contributed by atoms with E-state index in [1.54, 1.807) is 51.7 Å². The van der Waals surface area contributed by atoms with Gasteiger partial charge in [-0.2, -0.15) is 0 Å². The molecule has 0 heterocycles. The second-order valence-corrected chi connectivity index (χ2v) is 7.83.